The highest BCUT2D eigenvalue weighted by Gasteiger charge is 2.12. The van der Waals surface area contributed by atoms with Gasteiger partial charge in [0.25, 0.3) is 5.69 Å². The number of nitro benzene ring substituents is 1. The van der Waals surface area contributed by atoms with Crippen molar-refractivity contribution in [2.45, 2.75) is 13.2 Å². The number of methoxy groups -OCH3 is 1. The quantitative estimate of drug-likeness (QED) is 0.157. The van der Waals surface area contributed by atoms with Crippen molar-refractivity contribution in [3.05, 3.63) is 96.9 Å². The lowest BCUT2D eigenvalue weighted by atomic mass is 10.2. The molecule has 7 nitrogen and oxygen atoms in total. The van der Waals surface area contributed by atoms with Crippen LogP contribution in [-0.4, -0.2) is 18.2 Å². The molecule has 0 amide bonds. The van der Waals surface area contributed by atoms with E-state index in [2.05, 4.69) is 27.7 Å². The number of nitrogens with zero attached hydrogens (tertiary/aromatic N) is 2. The smallest absolute Gasteiger partial charge is 0.269 e. The molecular formula is C22H18FIN2O5. The molecule has 31 heavy (non-hydrogen) atoms. The number of ether oxygens (including phenoxy) is 2. The fraction of sp³-hybridized carbons (Fsp3) is 0.136. The zero-order chi connectivity index (χ0) is 22.2. The van der Waals surface area contributed by atoms with E-state index in [0.29, 0.717) is 22.6 Å². The van der Waals surface area contributed by atoms with E-state index in [1.165, 1.54) is 37.6 Å². The van der Waals surface area contributed by atoms with Gasteiger partial charge >= 0.3 is 0 Å². The molecule has 0 aliphatic carbocycles. The number of rotatable bonds is 9. The molecule has 160 valence electrons. The minimum Gasteiger partial charge on any atom is -0.493 e. The summed E-state index contributed by atoms with van der Waals surface area (Å²) in [5, 5.41) is 14.8. The number of hydrogen-bond donors (Lipinski definition) is 0. The van der Waals surface area contributed by atoms with Crippen LogP contribution in [0.15, 0.2) is 65.8 Å². The van der Waals surface area contributed by atoms with Gasteiger partial charge in [0.15, 0.2) is 11.5 Å². The summed E-state index contributed by atoms with van der Waals surface area (Å²) in [6.07, 6.45) is 1.51. The average molecular weight is 536 g/mol. The van der Waals surface area contributed by atoms with Crippen LogP contribution in [0.1, 0.15) is 16.7 Å². The highest BCUT2D eigenvalue weighted by atomic mass is 127. The number of non-ortho nitro benzene ring substituents is 1. The number of oxime groups is 1. The van der Waals surface area contributed by atoms with E-state index < -0.39 is 4.92 Å². The normalized spacial score (nSPS) is 10.8. The third kappa shape index (κ3) is 6.38. The standard InChI is InChI=1S/C22H18FIN2O5/c1-29-21-11-17(12-25-31-14-16-5-3-7-19(9-16)26(27)28)10-20(24)22(21)30-13-15-4-2-6-18(23)8-15/h2-12H,13-14H2,1H3/b25-12-. The molecule has 0 saturated carbocycles. The summed E-state index contributed by atoms with van der Waals surface area (Å²) in [6.45, 7) is 0.297. The van der Waals surface area contributed by atoms with Crippen LogP contribution >= 0.6 is 22.6 Å². The SMILES string of the molecule is COc1cc(/C=N\OCc2cccc([N+](=O)[O-])c2)cc(I)c1OCc1cccc(F)c1. The monoisotopic (exact) mass is 536 g/mol. The van der Waals surface area contributed by atoms with Crippen molar-refractivity contribution < 1.29 is 23.6 Å². The van der Waals surface area contributed by atoms with Gasteiger partial charge in [0.05, 0.1) is 21.8 Å². The van der Waals surface area contributed by atoms with Gasteiger partial charge in [-0.05, 0) is 58.0 Å². The van der Waals surface area contributed by atoms with Crippen molar-refractivity contribution in [3.63, 3.8) is 0 Å². The molecule has 0 heterocycles. The molecule has 0 aliphatic heterocycles. The number of hydrogen-bond acceptors (Lipinski definition) is 6. The maximum atomic E-state index is 13.3. The van der Waals surface area contributed by atoms with Gasteiger partial charge < -0.3 is 14.3 Å². The first-order valence-electron chi connectivity index (χ1n) is 9.09. The molecule has 0 radical (unpaired) electrons. The van der Waals surface area contributed by atoms with Crippen LogP contribution in [0.3, 0.4) is 0 Å². The zero-order valence-corrected chi connectivity index (χ0v) is 18.6. The summed E-state index contributed by atoms with van der Waals surface area (Å²) in [5.41, 5.74) is 2.06. The molecule has 0 N–H and O–H groups in total. The van der Waals surface area contributed by atoms with Crippen LogP contribution in [-0.2, 0) is 18.1 Å². The third-order valence-corrected chi connectivity index (χ3v) is 4.95. The van der Waals surface area contributed by atoms with Crippen molar-refractivity contribution in [1.29, 1.82) is 0 Å². The van der Waals surface area contributed by atoms with E-state index in [0.717, 1.165) is 9.13 Å². The maximum Gasteiger partial charge on any atom is 0.269 e. The fourth-order valence-corrected chi connectivity index (χ4v) is 3.49. The van der Waals surface area contributed by atoms with Gasteiger partial charge in [-0.3, -0.25) is 10.1 Å². The van der Waals surface area contributed by atoms with Crippen LogP contribution in [0.25, 0.3) is 0 Å². The Kier molecular flexibility index (Phi) is 7.76. The Morgan fingerprint density at radius 2 is 1.84 bits per heavy atom. The summed E-state index contributed by atoms with van der Waals surface area (Å²) in [4.78, 5) is 15.6. The second-order valence-electron chi connectivity index (χ2n) is 6.39. The molecule has 0 atom stereocenters. The summed E-state index contributed by atoms with van der Waals surface area (Å²) in [6, 6.07) is 15.9. The summed E-state index contributed by atoms with van der Waals surface area (Å²) in [7, 11) is 1.53. The maximum absolute atomic E-state index is 13.3. The molecule has 9 heteroatoms. The van der Waals surface area contributed by atoms with Crippen LogP contribution in [0.2, 0.25) is 0 Å². The van der Waals surface area contributed by atoms with Gasteiger partial charge in [0.2, 0.25) is 0 Å². The zero-order valence-electron chi connectivity index (χ0n) is 16.5. The minimum absolute atomic E-state index is 0.00167. The van der Waals surface area contributed by atoms with E-state index in [4.69, 9.17) is 14.3 Å². The predicted octanol–water partition coefficient (Wildman–Crippen LogP) is 5.48. The summed E-state index contributed by atoms with van der Waals surface area (Å²) in [5.74, 6) is 0.727. The van der Waals surface area contributed by atoms with E-state index in [1.54, 1.807) is 30.3 Å². The lowest BCUT2D eigenvalue weighted by molar-refractivity contribution is -0.384. The topological polar surface area (TPSA) is 83.2 Å². The molecule has 0 fully saturated rings. The Morgan fingerprint density at radius 3 is 2.55 bits per heavy atom. The average Bonchev–Trinajstić information content (AvgIpc) is 2.76. The van der Waals surface area contributed by atoms with Gasteiger partial charge in [0.1, 0.15) is 19.0 Å². The Labute approximate surface area is 191 Å². The van der Waals surface area contributed by atoms with Crippen LogP contribution in [0.5, 0.6) is 11.5 Å². The van der Waals surface area contributed by atoms with Crippen molar-refractivity contribution >= 4 is 34.5 Å². The van der Waals surface area contributed by atoms with Crippen molar-refractivity contribution in [2.24, 2.45) is 5.16 Å². The van der Waals surface area contributed by atoms with E-state index in [-0.39, 0.29) is 24.7 Å². The van der Waals surface area contributed by atoms with Gasteiger partial charge in [-0.1, -0.05) is 29.4 Å². The largest absolute Gasteiger partial charge is 0.493 e. The van der Waals surface area contributed by atoms with Gasteiger partial charge in [-0.15, -0.1) is 0 Å². The second-order valence-corrected chi connectivity index (χ2v) is 7.55. The lowest BCUT2D eigenvalue weighted by Crippen LogP contribution is -2.01. The highest BCUT2D eigenvalue weighted by Crippen LogP contribution is 2.34. The Morgan fingerprint density at radius 1 is 1.10 bits per heavy atom. The molecule has 3 aromatic carbocycles. The molecule has 0 unspecified atom stereocenters. The fourth-order valence-electron chi connectivity index (χ4n) is 2.71. The molecule has 0 aliphatic rings. The molecule has 0 bridgehead atoms. The van der Waals surface area contributed by atoms with Crippen LogP contribution in [0, 0.1) is 19.5 Å². The van der Waals surface area contributed by atoms with Crippen LogP contribution < -0.4 is 9.47 Å². The van der Waals surface area contributed by atoms with Crippen molar-refractivity contribution in [3.8, 4) is 11.5 Å². The lowest BCUT2D eigenvalue weighted by Gasteiger charge is -2.13. The first-order valence-corrected chi connectivity index (χ1v) is 10.2. The number of nitro groups is 1. The Balaban J connectivity index is 1.65. The Bertz CT molecular complexity index is 1110. The molecule has 0 saturated heterocycles. The molecule has 3 aromatic rings. The molecule has 3 rings (SSSR count). The van der Waals surface area contributed by atoms with Crippen molar-refractivity contribution in [2.75, 3.05) is 7.11 Å². The van der Waals surface area contributed by atoms with Crippen molar-refractivity contribution in [1.82, 2.24) is 0 Å². The van der Waals surface area contributed by atoms with Gasteiger partial charge in [-0.25, -0.2) is 4.39 Å². The number of benzene rings is 3. The number of halogens is 2. The van der Waals surface area contributed by atoms with Gasteiger partial charge in [0, 0.05) is 17.7 Å². The van der Waals surface area contributed by atoms with E-state index in [9.17, 15) is 14.5 Å². The molecular weight excluding hydrogens is 518 g/mol. The molecule has 0 spiro atoms. The minimum atomic E-state index is -0.459. The molecule has 0 aromatic heterocycles. The third-order valence-electron chi connectivity index (χ3n) is 4.15. The van der Waals surface area contributed by atoms with E-state index in [1.807, 2.05) is 6.07 Å². The highest BCUT2D eigenvalue weighted by molar-refractivity contribution is 14.1. The van der Waals surface area contributed by atoms with E-state index >= 15 is 0 Å². The van der Waals surface area contributed by atoms with Crippen LogP contribution in [0.4, 0.5) is 10.1 Å². The first kappa shape index (κ1) is 22.5. The predicted molar refractivity (Wildman–Crippen MR) is 122 cm³/mol. The second kappa shape index (κ2) is 10.7. The summed E-state index contributed by atoms with van der Waals surface area (Å²) >= 11 is 2.12. The first-order chi connectivity index (χ1) is 15.0. The Hall–Kier alpha value is -3.21. The summed E-state index contributed by atoms with van der Waals surface area (Å²) < 4.78 is 25.4. The van der Waals surface area contributed by atoms with Gasteiger partial charge in [-0.2, -0.15) is 0 Å².